The molecule has 0 aliphatic heterocycles. The average molecular weight is 422 g/mol. The van der Waals surface area contributed by atoms with Gasteiger partial charge in [-0.05, 0) is 25.0 Å². The quantitative estimate of drug-likeness (QED) is 0.258. The van der Waals surface area contributed by atoms with Crippen molar-refractivity contribution in [3.8, 4) is 40.3 Å². The zero-order valence-corrected chi connectivity index (χ0v) is 18.2. The Balaban J connectivity index is 1.72. The van der Waals surface area contributed by atoms with Crippen LogP contribution in [0.4, 0.5) is 0 Å². The van der Waals surface area contributed by atoms with Crippen LogP contribution in [0.25, 0.3) is 28.2 Å². The van der Waals surface area contributed by atoms with Gasteiger partial charge in [-0.25, -0.2) is 0 Å². The molecule has 1 heterocycles. The summed E-state index contributed by atoms with van der Waals surface area (Å²) in [5, 5.41) is 8.69. The molecule has 3 aromatic carbocycles. The van der Waals surface area contributed by atoms with Crippen molar-refractivity contribution in [1.29, 1.82) is 5.26 Å². The highest BCUT2D eigenvalue weighted by atomic mass is 16.5. The standard InChI is InChI=1S/C28H27N3O/c29-21-13-2-1-3-14-22-32-28-30-26(23-15-7-4-8-16-23)27(24-17-9-5-10-18-24)31(28)25-19-11-6-12-20-25/h4-12,15-20H,1-3,13-14,22H2. The lowest BCUT2D eigenvalue weighted by Gasteiger charge is -2.13. The number of rotatable bonds is 10. The van der Waals surface area contributed by atoms with Crippen LogP contribution in [0, 0.1) is 11.3 Å². The van der Waals surface area contributed by atoms with Gasteiger partial charge in [0.2, 0.25) is 0 Å². The van der Waals surface area contributed by atoms with E-state index in [1.165, 1.54) is 0 Å². The molecule has 0 radical (unpaired) electrons. The van der Waals surface area contributed by atoms with Crippen LogP contribution in [0.1, 0.15) is 32.1 Å². The molecule has 4 nitrogen and oxygen atoms in total. The van der Waals surface area contributed by atoms with E-state index in [9.17, 15) is 0 Å². The summed E-state index contributed by atoms with van der Waals surface area (Å²) < 4.78 is 8.37. The maximum Gasteiger partial charge on any atom is 0.302 e. The number of hydrogen-bond donors (Lipinski definition) is 0. The Morgan fingerprint density at radius 3 is 1.97 bits per heavy atom. The first-order chi connectivity index (χ1) is 15.9. The maximum absolute atomic E-state index is 8.69. The lowest BCUT2D eigenvalue weighted by Crippen LogP contribution is -2.05. The van der Waals surface area contributed by atoms with E-state index in [1.807, 2.05) is 54.6 Å². The Bertz CT molecular complexity index is 1150. The summed E-state index contributed by atoms with van der Waals surface area (Å²) >= 11 is 0. The molecule has 1 aromatic heterocycles. The third-order valence-corrected chi connectivity index (χ3v) is 5.37. The zero-order chi connectivity index (χ0) is 22.0. The van der Waals surface area contributed by atoms with Crippen LogP contribution in [0.15, 0.2) is 91.0 Å². The Morgan fingerprint density at radius 1 is 0.719 bits per heavy atom. The molecule has 0 bridgehead atoms. The van der Waals surface area contributed by atoms with Gasteiger partial charge in [-0.3, -0.25) is 4.57 Å². The number of imidazole rings is 1. The molecular formula is C28H27N3O. The SMILES string of the molecule is N#CCCCCCCOc1nc(-c2ccccc2)c(-c2ccccc2)n1-c1ccccc1. The predicted molar refractivity (Wildman–Crippen MR) is 129 cm³/mol. The second kappa shape index (κ2) is 11.0. The Morgan fingerprint density at radius 2 is 1.31 bits per heavy atom. The number of nitriles is 1. The van der Waals surface area contributed by atoms with E-state index in [2.05, 4.69) is 47.0 Å². The first-order valence-corrected chi connectivity index (χ1v) is 11.2. The van der Waals surface area contributed by atoms with Crippen molar-refractivity contribution in [1.82, 2.24) is 9.55 Å². The van der Waals surface area contributed by atoms with Gasteiger partial charge < -0.3 is 4.74 Å². The minimum Gasteiger partial charge on any atom is -0.464 e. The van der Waals surface area contributed by atoms with Gasteiger partial charge in [-0.1, -0.05) is 91.7 Å². The number of hydrogen-bond acceptors (Lipinski definition) is 3. The molecule has 0 spiro atoms. The molecule has 32 heavy (non-hydrogen) atoms. The number of nitrogens with zero attached hydrogens (tertiary/aromatic N) is 3. The number of benzene rings is 3. The summed E-state index contributed by atoms with van der Waals surface area (Å²) in [6, 6.07) is 33.7. The highest BCUT2D eigenvalue weighted by Crippen LogP contribution is 2.37. The summed E-state index contributed by atoms with van der Waals surface area (Å²) in [6.45, 7) is 0.596. The molecule has 0 unspecified atom stereocenters. The molecule has 4 aromatic rings. The molecule has 0 atom stereocenters. The lowest BCUT2D eigenvalue weighted by molar-refractivity contribution is 0.278. The number of aromatic nitrogens is 2. The second-order valence-corrected chi connectivity index (χ2v) is 7.67. The van der Waals surface area contributed by atoms with Crippen molar-refractivity contribution in [2.45, 2.75) is 32.1 Å². The van der Waals surface area contributed by atoms with E-state index in [1.54, 1.807) is 0 Å². The normalized spacial score (nSPS) is 10.6. The van der Waals surface area contributed by atoms with Crippen molar-refractivity contribution in [2.75, 3.05) is 6.61 Å². The van der Waals surface area contributed by atoms with Crippen LogP contribution in [0.3, 0.4) is 0 Å². The Labute approximate surface area is 189 Å². The summed E-state index contributed by atoms with van der Waals surface area (Å²) in [7, 11) is 0. The topological polar surface area (TPSA) is 50.8 Å². The van der Waals surface area contributed by atoms with Gasteiger partial charge >= 0.3 is 6.01 Å². The summed E-state index contributed by atoms with van der Waals surface area (Å²) in [5.41, 5.74) is 5.10. The number of para-hydroxylation sites is 1. The van der Waals surface area contributed by atoms with E-state index in [0.717, 1.165) is 53.9 Å². The average Bonchev–Trinajstić information content (AvgIpc) is 3.24. The van der Waals surface area contributed by atoms with Crippen LogP contribution in [-0.4, -0.2) is 16.2 Å². The summed E-state index contributed by atoms with van der Waals surface area (Å²) in [6.07, 6.45) is 4.61. The fourth-order valence-corrected chi connectivity index (χ4v) is 3.80. The Kier molecular flexibility index (Phi) is 7.34. The summed E-state index contributed by atoms with van der Waals surface area (Å²) in [5.74, 6) is 0. The zero-order valence-electron chi connectivity index (χ0n) is 18.2. The molecule has 4 rings (SSSR count). The first-order valence-electron chi connectivity index (χ1n) is 11.2. The Hall–Kier alpha value is -3.84. The number of ether oxygens (including phenoxy) is 1. The van der Waals surface area contributed by atoms with Crippen molar-refractivity contribution >= 4 is 0 Å². The molecule has 0 saturated carbocycles. The van der Waals surface area contributed by atoms with Gasteiger partial charge in [0.25, 0.3) is 0 Å². The van der Waals surface area contributed by atoms with Crippen LogP contribution in [-0.2, 0) is 0 Å². The van der Waals surface area contributed by atoms with Crippen molar-refractivity contribution in [3.05, 3.63) is 91.0 Å². The van der Waals surface area contributed by atoms with Gasteiger partial charge in [0.1, 0.15) is 5.69 Å². The van der Waals surface area contributed by atoms with Gasteiger partial charge in [0.05, 0.1) is 24.1 Å². The van der Waals surface area contributed by atoms with E-state index in [-0.39, 0.29) is 0 Å². The molecule has 0 fully saturated rings. The monoisotopic (exact) mass is 421 g/mol. The fraction of sp³-hybridized carbons (Fsp3) is 0.214. The third kappa shape index (κ3) is 5.07. The first kappa shape index (κ1) is 21.4. The van der Waals surface area contributed by atoms with Gasteiger partial charge in [-0.2, -0.15) is 10.2 Å². The summed E-state index contributed by atoms with van der Waals surface area (Å²) in [4.78, 5) is 4.98. The molecule has 0 aliphatic carbocycles. The molecule has 0 aliphatic rings. The second-order valence-electron chi connectivity index (χ2n) is 7.67. The smallest absolute Gasteiger partial charge is 0.302 e. The predicted octanol–water partition coefficient (Wildman–Crippen LogP) is 7.06. The molecular weight excluding hydrogens is 394 g/mol. The van der Waals surface area contributed by atoms with Gasteiger partial charge in [-0.15, -0.1) is 0 Å². The third-order valence-electron chi connectivity index (χ3n) is 5.37. The fourth-order valence-electron chi connectivity index (χ4n) is 3.80. The molecule has 4 heteroatoms. The van der Waals surface area contributed by atoms with Gasteiger partial charge in [0.15, 0.2) is 0 Å². The van der Waals surface area contributed by atoms with Crippen LogP contribution in [0.2, 0.25) is 0 Å². The largest absolute Gasteiger partial charge is 0.464 e. The lowest BCUT2D eigenvalue weighted by atomic mass is 10.0. The molecule has 0 amide bonds. The highest BCUT2D eigenvalue weighted by molar-refractivity contribution is 5.81. The molecule has 0 N–H and O–H groups in total. The number of unbranched alkanes of at least 4 members (excludes halogenated alkanes) is 4. The van der Waals surface area contributed by atoms with E-state index >= 15 is 0 Å². The van der Waals surface area contributed by atoms with Crippen molar-refractivity contribution < 1.29 is 4.74 Å². The minimum atomic E-state index is 0.596. The van der Waals surface area contributed by atoms with Crippen molar-refractivity contribution in [3.63, 3.8) is 0 Å². The van der Waals surface area contributed by atoms with Gasteiger partial charge in [0, 0.05) is 17.5 Å². The highest BCUT2D eigenvalue weighted by Gasteiger charge is 2.22. The van der Waals surface area contributed by atoms with Crippen LogP contribution < -0.4 is 4.74 Å². The van der Waals surface area contributed by atoms with E-state index < -0.39 is 0 Å². The van der Waals surface area contributed by atoms with E-state index in [0.29, 0.717) is 19.0 Å². The van der Waals surface area contributed by atoms with Crippen LogP contribution in [0.5, 0.6) is 6.01 Å². The molecule has 0 saturated heterocycles. The van der Waals surface area contributed by atoms with Crippen molar-refractivity contribution in [2.24, 2.45) is 0 Å². The maximum atomic E-state index is 8.69. The molecule has 160 valence electrons. The van der Waals surface area contributed by atoms with E-state index in [4.69, 9.17) is 15.0 Å². The van der Waals surface area contributed by atoms with Crippen LogP contribution >= 0.6 is 0 Å². The minimum absolute atomic E-state index is 0.596.